The molecule has 17 heavy (non-hydrogen) atoms. The zero-order chi connectivity index (χ0) is 12.5. The summed E-state index contributed by atoms with van der Waals surface area (Å²) in [7, 11) is 0. The van der Waals surface area contributed by atoms with Gasteiger partial charge in [-0.05, 0) is 45.0 Å². The number of hydrogen-bond donors (Lipinski definition) is 0. The van der Waals surface area contributed by atoms with Gasteiger partial charge in [0, 0.05) is 4.47 Å². The van der Waals surface area contributed by atoms with E-state index in [1.165, 1.54) is 0 Å². The van der Waals surface area contributed by atoms with Crippen LogP contribution in [0.1, 0.15) is 25.6 Å². The van der Waals surface area contributed by atoms with E-state index in [1.807, 2.05) is 38.1 Å². The average Bonchev–Trinajstić information content (AvgIpc) is 2.69. The van der Waals surface area contributed by atoms with Crippen molar-refractivity contribution in [3.63, 3.8) is 0 Å². The van der Waals surface area contributed by atoms with E-state index in [9.17, 15) is 0 Å². The first-order valence-corrected chi connectivity index (χ1v) is 6.02. The molecule has 90 valence electrons. The number of hydrogen-bond acceptors (Lipinski definition) is 4. The number of ether oxygens (including phenoxy) is 1. The molecule has 0 amide bonds. The number of aryl methyl sites for hydroxylation is 1. The molecule has 1 heterocycles. The van der Waals surface area contributed by atoms with Gasteiger partial charge < -0.3 is 9.26 Å². The van der Waals surface area contributed by atoms with Gasteiger partial charge in [0.05, 0.1) is 0 Å². The van der Waals surface area contributed by atoms with Crippen LogP contribution in [0.25, 0.3) is 0 Å². The number of rotatable bonds is 3. The fourth-order valence-electron chi connectivity index (χ4n) is 1.38. The molecule has 0 N–H and O–H groups in total. The Morgan fingerprint density at radius 2 is 1.88 bits per heavy atom. The van der Waals surface area contributed by atoms with Gasteiger partial charge in [-0.2, -0.15) is 4.98 Å². The van der Waals surface area contributed by atoms with Gasteiger partial charge in [0.25, 0.3) is 5.89 Å². The molecule has 0 spiro atoms. The Morgan fingerprint density at radius 1 is 1.24 bits per heavy atom. The lowest BCUT2D eigenvalue weighted by Crippen LogP contribution is -2.25. The van der Waals surface area contributed by atoms with Crippen molar-refractivity contribution in [2.75, 3.05) is 0 Å². The van der Waals surface area contributed by atoms with Crippen LogP contribution in [0.3, 0.4) is 0 Å². The normalized spacial score (nSPS) is 11.5. The van der Waals surface area contributed by atoms with Crippen molar-refractivity contribution in [2.24, 2.45) is 0 Å². The van der Waals surface area contributed by atoms with Gasteiger partial charge in [0.2, 0.25) is 0 Å². The van der Waals surface area contributed by atoms with Crippen LogP contribution in [0, 0.1) is 6.92 Å². The minimum absolute atomic E-state index is 0.470. The molecule has 1 aromatic heterocycles. The smallest absolute Gasteiger partial charge is 0.270 e. The molecule has 1 aromatic carbocycles. The first-order valence-electron chi connectivity index (χ1n) is 5.23. The molecule has 0 aliphatic heterocycles. The molecule has 0 bridgehead atoms. The van der Waals surface area contributed by atoms with Crippen molar-refractivity contribution in [1.29, 1.82) is 0 Å². The third-order valence-corrected chi connectivity index (χ3v) is 2.76. The molecule has 0 atom stereocenters. The fraction of sp³-hybridized carbons (Fsp3) is 0.333. The van der Waals surface area contributed by atoms with Gasteiger partial charge in [0.15, 0.2) is 11.4 Å². The van der Waals surface area contributed by atoms with Crippen LogP contribution in [0.5, 0.6) is 5.75 Å². The van der Waals surface area contributed by atoms with Gasteiger partial charge in [-0.1, -0.05) is 21.1 Å². The molecule has 0 aliphatic rings. The first-order chi connectivity index (χ1) is 7.97. The third kappa shape index (κ3) is 2.85. The number of halogens is 1. The van der Waals surface area contributed by atoms with Crippen LogP contribution in [-0.4, -0.2) is 10.1 Å². The maximum absolute atomic E-state index is 5.84. The Morgan fingerprint density at radius 3 is 2.41 bits per heavy atom. The molecule has 0 saturated heterocycles. The maximum atomic E-state index is 5.84. The van der Waals surface area contributed by atoms with Crippen LogP contribution in [0.2, 0.25) is 0 Å². The quantitative estimate of drug-likeness (QED) is 0.870. The lowest BCUT2D eigenvalue weighted by Gasteiger charge is -2.22. The summed E-state index contributed by atoms with van der Waals surface area (Å²) in [5.74, 6) is 1.83. The van der Waals surface area contributed by atoms with Gasteiger partial charge in [-0.3, -0.25) is 0 Å². The zero-order valence-electron chi connectivity index (χ0n) is 9.90. The monoisotopic (exact) mass is 296 g/mol. The van der Waals surface area contributed by atoms with E-state index in [-0.39, 0.29) is 0 Å². The molecular formula is C12H13BrN2O2. The van der Waals surface area contributed by atoms with Gasteiger partial charge >= 0.3 is 0 Å². The Hall–Kier alpha value is -1.36. The fourth-order valence-corrected chi connectivity index (χ4v) is 1.65. The van der Waals surface area contributed by atoms with E-state index in [0.29, 0.717) is 11.7 Å². The van der Waals surface area contributed by atoms with Crippen LogP contribution in [0.4, 0.5) is 0 Å². The second-order valence-electron chi connectivity index (χ2n) is 4.21. The number of benzene rings is 1. The van der Waals surface area contributed by atoms with E-state index in [2.05, 4.69) is 26.1 Å². The van der Waals surface area contributed by atoms with Crippen LogP contribution in [0.15, 0.2) is 33.3 Å². The number of aromatic nitrogens is 2. The lowest BCUT2D eigenvalue weighted by atomic mass is 10.1. The summed E-state index contributed by atoms with van der Waals surface area (Å²) < 4.78 is 12.0. The Labute approximate surface area is 108 Å². The molecule has 0 unspecified atom stereocenters. The van der Waals surface area contributed by atoms with Crippen molar-refractivity contribution in [1.82, 2.24) is 10.1 Å². The minimum Gasteiger partial charge on any atom is -0.478 e. The molecule has 0 saturated carbocycles. The van der Waals surface area contributed by atoms with Gasteiger partial charge in [-0.15, -0.1) is 0 Å². The van der Waals surface area contributed by atoms with Crippen LogP contribution >= 0.6 is 15.9 Å². The molecule has 5 heteroatoms. The average molecular weight is 297 g/mol. The van der Waals surface area contributed by atoms with Crippen LogP contribution in [-0.2, 0) is 5.60 Å². The van der Waals surface area contributed by atoms with E-state index >= 15 is 0 Å². The molecule has 2 rings (SSSR count). The SMILES string of the molecule is Cc1noc(C(C)(C)Oc2ccc(Br)cc2)n1. The summed E-state index contributed by atoms with van der Waals surface area (Å²) in [5.41, 5.74) is -0.644. The van der Waals surface area contributed by atoms with E-state index in [1.54, 1.807) is 6.92 Å². The molecular weight excluding hydrogens is 284 g/mol. The highest BCUT2D eigenvalue weighted by atomic mass is 79.9. The molecule has 0 radical (unpaired) electrons. The second kappa shape index (κ2) is 4.49. The Bertz CT molecular complexity index is 505. The van der Waals surface area contributed by atoms with E-state index in [0.717, 1.165) is 10.2 Å². The summed E-state index contributed by atoms with van der Waals surface area (Å²) in [4.78, 5) is 4.18. The molecule has 0 fully saturated rings. The number of nitrogens with zero attached hydrogens (tertiary/aromatic N) is 2. The topological polar surface area (TPSA) is 48.2 Å². The van der Waals surface area contributed by atoms with Crippen molar-refractivity contribution >= 4 is 15.9 Å². The second-order valence-corrected chi connectivity index (χ2v) is 5.13. The summed E-state index contributed by atoms with van der Waals surface area (Å²) >= 11 is 3.38. The molecule has 0 aliphatic carbocycles. The van der Waals surface area contributed by atoms with Crippen molar-refractivity contribution in [3.05, 3.63) is 40.5 Å². The first kappa shape index (κ1) is 12.1. The summed E-state index contributed by atoms with van der Waals surface area (Å²) in [6.45, 7) is 5.56. The zero-order valence-corrected chi connectivity index (χ0v) is 11.5. The predicted molar refractivity (Wildman–Crippen MR) is 66.8 cm³/mol. The van der Waals surface area contributed by atoms with Crippen molar-refractivity contribution in [3.8, 4) is 5.75 Å². The standard InChI is InChI=1S/C12H13BrN2O2/c1-8-14-11(17-15-8)12(2,3)16-10-6-4-9(13)5-7-10/h4-7H,1-3H3. The molecule has 4 nitrogen and oxygen atoms in total. The van der Waals surface area contributed by atoms with Gasteiger partial charge in [-0.25, -0.2) is 0 Å². The highest BCUT2D eigenvalue weighted by Crippen LogP contribution is 2.27. The lowest BCUT2D eigenvalue weighted by molar-refractivity contribution is 0.0692. The third-order valence-electron chi connectivity index (χ3n) is 2.23. The van der Waals surface area contributed by atoms with Crippen molar-refractivity contribution in [2.45, 2.75) is 26.4 Å². The largest absolute Gasteiger partial charge is 0.478 e. The highest BCUT2D eigenvalue weighted by molar-refractivity contribution is 9.10. The highest BCUT2D eigenvalue weighted by Gasteiger charge is 2.29. The van der Waals surface area contributed by atoms with E-state index in [4.69, 9.17) is 9.26 Å². The van der Waals surface area contributed by atoms with Crippen LogP contribution < -0.4 is 4.74 Å². The minimum atomic E-state index is -0.644. The maximum Gasteiger partial charge on any atom is 0.270 e. The Balaban J connectivity index is 2.19. The summed E-state index contributed by atoms with van der Waals surface area (Å²) in [6, 6.07) is 7.61. The predicted octanol–water partition coefficient (Wildman–Crippen LogP) is 3.45. The summed E-state index contributed by atoms with van der Waals surface area (Å²) in [5, 5.41) is 3.77. The van der Waals surface area contributed by atoms with Crippen molar-refractivity contribution < 1.29 is 9.26 Å². The summed E-state index contributed by atoms with van der Waals surface area (Å²) in [6.07, 6.45) is 0. The van der Waals surface area contributed by atoms with Gasteiger partial charge in [0.1, 0.15) is 5.75 Å². The Kier molecular flexibility index (Phi) is 3.19. The molecule has 2 aromatic rings. The van der Waals surface area contributed by atoms with E-state index < -0.39 is 5.60 Å².